The average molecular weight is 543 g/mol. The first-order chi connectivity index (χ1) is 18.5. The molecule has 1 aromatic rings. The fourth-order valence-electron chi connectivity index (χ4n) is 6.36. The Bertz CT molecular complexity index is 948. The van der Waals surface area contributed by atoms with Gasteiger partial charge in [-0.1, -0.05) is 62.9 Å². The Morgan fingerprint density at radius 2 is 1.77 bits per heavy atom. The van der Waals surface area contributed by atoms with Crippen molar-refractivity contribution in [2.75, 3.05) is 13.1 Å². The molecule has 2 fully saturated rings. The highest BCUT2D eigenvalue weighted by molar-refractivity contribution is 5.85. The lowest BCUT2D eigenvalue weighted by Gasteiger charge is -2.47. The molecule has 6 atom stereocenters. The zero-order valence-electron chi connectivity index (χ0n) is 24.3. The molecule has 2 aliphatic rings. The van der Waals surface area contributed by atoms with E-state index in [9.17, 15) is 19.5 Å². The van der Waals surface area contributed by atoms with Crippen molar-refractivity contribution in [1.29, 1.82) is 0 Å². The van der Waals surface area contributed by atoms with E-state index in [-0.39, 0.29) is 36.4 Å². The Morgan fingerprint density at radius 1 is 1.10 bits per heavy atom. The quantitative estimate of drug-likeness (QED) is 0.323. The molecule has 6 unspecified atom stereocenters. The van der Waals surface area contributed by atoms with Gasteiger partial charge in [0.25, 0.3) is 0 Å². The number of amides is 3. The van der Waals surface area contributed by atoms with Gasteiger partial charge in [-0.15, -0.1) is 0 Å². The zero-order valence-corrected chi connectivity index (χ0v) is 24.3. The highest BCUT2D eigenvalue weighted by Crippen LogP contribution is 2.39. The van der Waals surface area contributed by atoms with E-state index in [1.54, 1.807) is 0 Å². The molecular formula is C31H50N4O4. The van der Waals surface area contributed by atoms with Gasteiger partial charge in [0.2, 0.25) is 17.7 Å². The lowest BCUT2D eigenvalue weighted by atomic mass is 9.72. The first-order valence-electron chi connectivity index (χ1n) is 14.8. The Morgan fingerprint density at radius 3 is 2.38 bits per heavy atom. The number of fused-ring (bicyclic) bond motifs is 1. The van der Waals surface area contributed by atoms with Crippen molar-refractivity contribution >= 4 is 17.7 Å². The number of primary amides is 1. The summed E-state index contributed by atoms with van der Waals surface area (Å²) in [5.74, 6) is -0.230. The van der Waals surface area contributed by atoms with E-state index >= 15 is 0 Å². The summed E-state index contributed by atoms with van der Waals surface area (Å²) in [6, 6.07) is 8.89. The summed E-state index contributed by atoms with van der Waals surface area (Å²) < 4.78 is 0. The standard InChI is InChI=1S/C31H50N4O4/c1-5-11-23(18-28(32)37)29(38)33-25(16-21-12-7-6-8-13-21)27(36)20-35-19-24-15-10-9-14-22(24)17-26(35)30(39)34-31(2,3)4/h6-8,12-13,22-27,36H,5,9-11,14-20H2,1-4H3,(H2,32,37)(H,33,38)(H,34,39). The molecule has 1 aromatic carbocycles. The molecule has 218 valence electrons. The van der Waals surface area contributed by atoms with Crippen LogP contribution in [-0.4, -0.2) is 64.5 Å². The maximum absolute atomic E-state index is 13.4. The molecule has 3 rings (SSSR count). The summed E-state index contributed by atoms with van der Waals surface area (Å²) in [5, 5.41) is 17.8. The number of likely N-dealkylation sites (tertiary alicyclic amines) is 1. The van der Waals surface area contributed by atoms with Crippen LogP contribution in [0, 0.1) is 17.8 Å². The predicted octanol–water partition coefficient (Wildman–Crippen LogP) is 3.16. The number of benzene rings is 1. The minimum atomic E-state index is -0.893. The van der Waals surface area contributed by atoms with Gasteiger partial charge in [-0.05, 0) is 63.9 Å². The van der Waals surface area contributed by atoms with Crippen LogP contribution in [0.3, 0.4) is 0 Å². The number of aliphatic hydroxyl groups is 1. The number of rotatable bonds is 12. The number of nitrogens with two attached hydrogens (primary N) is 1. The predicted molar refractivity (Wildman–Crippen MR) is 154 cm³/mol. The molecule has 8 nitrogen and oxygen atoms in total. The van der Waals surface area contributed by atoms with Crippen molar-refractivity contribution in [3.8, 4) is 0 Å². The SMILES string of the molecule is CCCC(CC(N)=O)C(=O)NC(Cc1ccccc1)C(O)CN1CC2CCCCC2CC1C(=O)NC(C)(C)C. The third kappa shape index (κ3) is 9.60. The first-order valence-corrected chi connectivity index (χ1v) is 14.8. The van der Waals surface area contributed by atoms with E-state index in [4.69, 9.17) is 5.73 Å². The number of hydrogen-bond donors (Lipinski definition) is 4. The maximum Gasteiger partial charge on any atom is 0.237 e. The third-order valence-corrected chi connectivity index (χ3v) is 8.27. The highest BCUT2D eigenvalue weighted by Gasteiger charge is 2.42. The van der Waals surface area contributed by atoms with Crippen LogP contribution in [0.1, 0.15) is 84.6 Å². The minimum Gasteiger partial charge on any atom is -0.390 e. The smallest absolute Gasteiger partial charge is 0.237 e. The molecular weight excluding hydrogens is 492 g/mol. The van der Waals surface area contributed by atoms with Gasteiger partial charge in [-0.3, -0.25) is 19.3 Å². The normalized spacial score (nSPS) is 24.2. The maximum atomic E-state index is 13.4. The molecule has 1 saturated heterocycles. The molecule has 8 heteroatoms. The van der Waals surface area contributed by atoms with Crippen LogP contribution in [0.5, 0.6) is 0 Å². The molecule has 0 radical (unpaired) electrons. The van der Waals surface area contributed by atoms with Crippen molar-refractivity contribution < 1.29 is 19.5 Å². The summed E-state index contributed by atoms with van der Waals surface area (Å²) in [7, 11) is 0. The van der Waals surface area contributed by atoms with Gasteiger partial charge >= 0.3 is 0 Å². The Labute approximate surface area is 234 Å². The number of nitrogens with one attached hydrogen (secondary N) is 2. The van der Waals surface area contributed by atoms with Gasteiger partial charge in [0, 0.05) is 31.0 Å². The Kier molecular flexibility index (Phi) is 11.4. The second-order valence-corrected chi connectivity index (χ2v) is 12.8. The van der Waals surface area contributed by atoms with Gasteiger partial charge in [-0.25, -0.2) is 0 Å². The number of carbonyl (C=O) groups is 3. The number of carbonyl (C=O) groups excluding carboxylic acids is 3. The largest absolute Gasteiger partial charge is 0.390 e. The van der Waals surface area contributed by atoms with E-state index in [2.05, 4.69) is 15.5 Å². The van der Waals surface area contributed by atoms with Crippen LogP contribution >= 0.6 is 0 Å². The molecule has 1 aliphatic carbocycles. The molecule has 5 N–H and O–H groups in total. The number of β-amino-alcohol motifs (C(OH)–C–C–N with tert-alkyl or cyclic N) is 1. The van der Waals surface area contributed by atoms with Gasteiger partial charge in [0.15, 0.2) is 0 Å². The number of aliphatic hydroxyl groups excluding tert-OH is 1. The van der Waals surface area contributed by atoms with Gasteiger partial charge < -0.3 is 21.5 Å². The van der Waals surface area contributed by atoms with E-state index in [1.807, 2.05) is 58.0 Å². The fourth-order valence-corrected chi connectivity index (χ4v) is 6.36. The summed E-state index contributed by atoms with van der Waals surface area (Å²) in [5.41, 5.74) is 6.08. The topological polar surface area (TPSA) is 125 Å². The summed E-state index contributed by atoms with van der Waals surface area (Å²) >= 11 is 0. The lowest BCUT2D eigenvalue weighted by Crippen LogP contribution is -2.60. The molecule has 3 amide bonds. The Balaban J connectivity index is 1.81. The van der Waals surface area contributed by atoms with E-state index in [0.717, 1.165) is 37.8 Å². The molecule has 1 saturated carbocycles. The van der Waals surface area contributed by atoms with Crippen molar-refractivity contribution in [3.05, 3.63) is 35.9 Å². The molecule has 1 heterocycles. The molecule has 0 bridgehead atoms. The van der Waals surface area contributed by atoms with Crippen molar-refractivity contribution in [2.24, 2.45) is 23.5 Å². The second kappa shape index (κ2) is 14.3. The monoisotopic (exact) mass is 542 g/mol. The zero-order chi connectivity index (χ0) is 28.6. The van der Waals surface area contributed by atoms with E-state index in [1.165, 1.54) is 12.8 Å². The fraction of sp³-hybridized carbons (Fsp3) is 0.710. The second-order valence-electron chi connectivity index (χ2n) is 12.8. The number of hydrogen-bond acceptors (Lipinski definition) is 5. The van der Waals surface area contributed by atoms with Crippen LogP contribution in [0.2, 0.25) is 0 Å². The lowest BCUT2D eigenvalue weighted by molar-refractivity contribution is -0.134. The van der Waals surface area contributed by atoms with Crippen LogP contribution in [0.4, 0.5) is 0 Å². The van der Waals surface area contributed by atoms with Gasteiger partial charge in [-0.2, -0.15) is 0 Å². The van der Waals surface area contributed by atoms with Crippen molar-refractivity contribution in [3.63, 3.8) is 0 Å². The molecule has 39 heavy (non-hydrogen) atoms. The number of piperidine rings is 1. The molecule has 0 spiro atoms. The summed E-state index contributed by atoms with van der Waals surface area (Å²) in [6.07, 6.45) is 6.37. The molecule has 0 aromatic heterocycles. The van der Waals surface area contributed by atoms with Gasteiger partial charge in [0.1, 0.15) is 0 Å². The summed E-state index contributed by atoms with van der Waals surface area (Å²) in [6.45, 7) is 8.99. The average Bonchev–Trinajstić information content (AvgIpc) is 2.87. The van der Waals surface area contributed by atoms with Crippen molar-refractivity contribution in [1.82, 2.24) is 15.5 Å². The number of nitrogens with zero attached hydrogens (tertiary/aromatic N) is 1. The summed E-state index contributed by atoms with van der Waals surface area (Å²) in [4.78, 5) is 40.5. The van der Waals surface area contributed by atoms with Crippen LogP contribution < -0.4 is 16.4 Å². The third-order valence-electron chi connectivity index (χ3n) is 8.27. The van der Waals surface area contributed by atoms with Crippen LogP contribution in [-0.2, 0) is 20.8 Å². The molecule has 1 aliphatic heterocycles. The van der Waals surface area contributed by atoms with Crippen LogP contribution in [0.25, 0.3) is 0 Å². The van der Waals surface area contributed by atoms with Crippen molar-refractivity contribution in [2.45, 2.75) is 109 Å². The first kappa shape index (κ1) is 31.1. The van der Waals surface area contributed by atoms with Crippen LogP contribution in [0.15, 0.2) is 30.3 Å². The minimum absolute atomic E-state index is 0.00633. The Hall–Kier alpha value is -2.45. The van der Waals surface area contributed by atoms with E-state index < -0.39 is 24.0 Å². The van der Waals surface area contributed by atoms with Gasteiger partial charge in [0.05, 0.1) is 18.2 Å². The highest BCUT2D eigenvalue weighted by atomic mass is 16.3. The van der Waals surface area contributed by atoms with E-state index in [0.29, 0.717) is 24.7 Å².